The lowest BCUT2D eigenvalue weighted by atomic mass is 9.86. The molecule has 4 nitrogen and oxygen atoms in total. The smallest absolute Gasteiger partial charge is 0.315 e. The zero-order valence-corrected chi connectivity index (χ0v) is 13.9. The summed E-state index contributed by atoms with van der Waals surface area (Å²) in [6, 6.07) is 8.10. The number of urea groups is 1. The number of hydrogen-bond donors (Lipinski definition) is 2. The van der Waals surface area contributed by atoms with Crippen LogP contribution in [0.4, 0.5) is 4.79 Å². The highest BCUT2D eigenvalue weighted by molar-refractivity contribution is 5.74. The summed E-state index contributed by atoms with van der Waals surface area (Å²) in [4.78, 5) is 12.2. The summed E-state index contributed by atoms with van der Waals surface area (Å²) in [7, 11) is 0. The van der Waals surface area contributed by atoms with Crippen LogP contribution in [0.25, 0.3) is 0 Å². The minimum atomic E-state index is -0.0693. The van der Waals surface area contributed by atoms with E-state index in [9.17, 15) is 4.79 Å². The molecule has 22 heavy (non-hydrogen) atoms. The van der Waals surface area contributed by atoms with Gasteiger partial charge < -0.3 is 15.4 Å². The highest BCUT2D eigenvalue weighted by Gasteiger charge is 2.23. The molecule has 1 saturated carbocycles. The molecule has 2 N–H and O–H groups in total. The second-order valence-electron chi connectivity index (χ2n) is 6.21. The average Bonchev–Trinajstić information content (AvgIpc) is 2.50. The van der Waals surface area contributed by atoms with E-state index in [0.29, 0.717) is 18.6 Å². The number of carbonyl (C=O) groups is 1. The summed E-state index contributed by atoms with van der Waals surface area (Å²) in [5.74, 6) is 1.43. The van der Waals surface area contributed by atoms with Gasteiger partial charge in [-0.2, -0.15) is 0 Å². The lowest BCUT2D eigenvalue weighted by molar-refractivity contribution is 0.219. The molecule has 122 valence electrons. The molecule has 0 aliphatic heterocycles. The van der Waals surface area contributed by atoms with Gasteiger partial charge in [0.15, 0.2) is 0 Å². The minimum absolute atomic E-state index is 0.0189. The van der Waals surface area contributed by atoms with Gasteiger partial charge in [-0.15, -0.1) is 0 Å². The Morgan fingerprint density at radius 1 is 1.27 bits per heavy atom. The van der Waals surface area contributed by atoms with E-state index in [-0.39, 0.29) is 12.1 Å². The molecule has 4 heteroatoms. The van der Waals surface area contributed by atoms with Crippen molar-refractivity contribution in [2.45, 2.75) is 58.5 Å². The zero-order valence-electron chi connectivity index (χ0n) is 13.9. The Morgan fingerprint density at radius 2 is 1.95 bits per heavy atom. The Labute approximate surface area is 133 Å². The van der Waals surface area contributed by atoms with Crippen molar-refractivity contribution < 1.29 is 9.53 Å². The average molecular weight is 304 g/mol. The van der Waals surface area contributed by atoms with Gasteiger partial charge in [-0.3, -0.25) is 0 Å². The van der Waals surface area contributed by atoms with E-state index in [2.05, 4.69) is 17.6 Å². The maximum atomic E-state index is 12.2. The second kappa shape index (κ2) is 8.06. The van der Waals surface area contributed by atoms with Crippen LogP contribution in [0.5, 0.6) is 5.75 Å². The molecule has 0 spiro atoms. The van der Waals surface area contributed by atoms with Crippen molar-refractivity contribution in [3.05, 3.63) is 29.8 Å². The number of nitrogens with one attached hydrogen (secondary N) is 2. The Kier molecular flexibility index (Phi) is 6.10. The van der Waals surface area contributed by atoms with E-state index in [1.165, 1.54) is 19.3 Å². The molecule has 1 aliphatic carbocycles. The first-order valence-corrected chi connectivity index (χ1v) is 8.40. The van der Waals surface area contributed by atoms with Crippen LogP contribution in [0, 0.1) is 5.92 Å². The summed E-state index contributed by atoms with van der Waals surface area (Å²) >= 11 is 0. The fraction of sp³-hybridized carbons (Fsp3) is 0.611. The number of hydrogen-bond acceptors (Lipinski definition) is 2. The molecule has 1 aromatic rings. The summed E-state index contributed by atoms with van der Waals surface area (Å²) in [5.41, 5.74) is 1.08. The quantitative estimate of drug-likeness (QED) is 0.863. The molecule has 1 aliphatic rings. The maximum absolute atomic E-state index is 12.2. The topological polar surface area (TPSA) is 50.4 Å². The number of carbonyl (C=O) groups excluding carboxylic acids is 1. The third-order valence-electron chi connectivity index (χ3n) is 4.47. The van der Waals surface area contributed by atoms with Crippen molar-refractivity contribution in [3.8, 4) is 5.75 Å². The summed E-state index contributed by atoms with van der Waals surface area (Å²) < 4.78 is 5.43. The molecule has 1 fully saturated rings. The molecule has 0 unspecified atom stereocenters. The van der Waals surface area contributed by atoms with E-state index in [0.717, 1.165) is 17.7 Å². The van der Waals surface area contributed by atoms with Crippen molar-refractivity contribution >= 4 is 6.03 Å². The Morgan fingerprint density at radius 3 is 2.59 bits per heavy atom. The molecule has 0 saturated heterocycles. The third-order valence-corrected chi connectivity index (χ3v) is 4.47. The van der Waals surface area contributed by atoms with Crippen molar-refractivity contribution in [1.29, 1.82) is 0 Å². The number of ether oxygens (including phenoxy) is 1. The number of amides is 2. The van der Waals surface area contributed by atoms with E-state index >= 15 is 0 Å². The van der Waals surface area contributed by atoms with Crippen LogP contribution in [0.2, 0.25) is 0 Å². The van der Waals surface area contributed by atoms with E-state index in [1.54, 1.807) is 0 Å². The van der Waals surface area contributed by atoms with E-state index < -0.39 is 0 Å². The van der Waals surface area contributed by atoms with Gasteiger partial charge >= 0.3 is 6.03 Å². The van der Waals surface area contributed by atoms with E-state index in [1.807, 2.05) is 38.1 Å². The maximum Gasteiger partial charge on any atom is 0.315 e. The molecule has 0 radical (unpaired) electrons. The summed E-state index contributed by atoms with van der Waals surface area (Å²) in [5, 5.41) is 6.15. The van der Waals surface area contributed by atoms with Crippen molar-refractivity contribution in [2.75, 3.05) is 6.61 Å². The summed E-state index contributed by atoms with van der Waals surface area (Å²) in [6.45, 7) is 6.85. The fourth-order valence-corrected chi connectivity index (χ4v) is 3.04. The molecular weight excluding hydrogens is 276 g/mol. The normalized spacial score (nSPS) is 22.7. The molecule has 1 aromatic carbocycles. The predicted octanol–water partition coefficient (Wildman–Crippen LogP) is 4.02. The van der Waals surface area contributed by atoms with Crippen molar-refractivity contribution in [2.24, 2.45) is 5.92 Å². The molecular formula is C18H28N2O2. The Balaban J connectivity index is 1.84. The molecule has 0 aromatic heterocycles. The minimum Gasteiger partial charge on any atom is -0.494 e. The number of benzene rings is 1. The van der Waals surface area contributed by atoms with Crippen LogP contribution in [0.1, 0.15) is 58.1 Å². The SMILES string of the molecule is CCOc1ccc([C@H](C)NC(=O)N[C@H]2CCCC[C@H]2C)cc1. The predicted molar refractivity (Wildman–Crippen MR) is 89.1 cm³/mol. The van der Waals surface area contributed by atoms with Crippen molar-refractivity contribution in [1.82, 2.24) is 10.6 Å². The van der Waals surface area contributed by atoms with Gasteiger partial charge in [-0.1, -0.05) is 31.9 Å². The first-order chi connectivity index (χ1) is 10.6. The van der Waals surface area contributed by atoms with Gasteiger partial charge in [0.05, 0.1) is 12.6 Å². The Hall–Kier alpha value is -1.71. The molecule has 0 heterocycles. The third kappa shape index (κ3) is 4.65. The van der Waals surface area contributed by atoms with Crippen LogP contribution in [-0.4, -0.2) is 18.7 Å². The molecule has 2 amide bonds. The largest absolute Gasteiger partial charge is 0.494 e. The highest BCUT2D eigenvalue weighted by atomic mass is 16.5. The van der Waals surface area contributed by atoms with Gasteiger partial charge in [0, 0.05) is 6.04 Å². The van der Waals surface area contributed by atoms with Gasteiger partial charge in [-0.25, -0.2) is 4.79 Å². The second-order valence-corrected chi connectivity index (χ2v) is 6.21. The highest BCUT2D eigenvalue weighted by Crippen LogP contribution is 2.24. The zero-order chi connectivity index (χ0) is 15.9. The molecule has 0 bridgehead atoms. The molecule has 3 atom stereocenters. The van der Waals surface area contributed by atoms with Gasteiger partial charge in [0.2, 0.25) is 0 Å². The monoisotopic (exact) mass is 304 g/mol. The van der Waals surface area contributed by atoms with Gasteiger partial charge in [0.1, 0.15) is 5.75 Å². The van der Waals surface area contributed by atoms with Crippen LogP contribution >= 0.6 is 0 Å². The standard InChI is InChI=1S/C18H28N2O2/c1-4-22-16-11-9-15(10-12-16)14(3)19-18(21)20-17-8-6-5-7-13(17)2/h9-14,17H,4-8H2,1-3H3,(H2,19,20,21)/t13-,14+,17+/m1/s1. The van der Waals surface area contributed by atoms with Crippen LogP contribution in [0.15, 0.2) is 24.3 Å². The lowest BCUT2D eigenvalue weighted by Crippen LogP contribution is -2.46. The van der Waals surface area contributed by atoms with Gasteiger partial charge in [0.25, 0.3) is 0 Å². The lowest BCUT2D eigenvalue weighted by Gasteiger charge is -2.30. The fourth-order valence-electron chi connectivity index (χ4n) is 3.04. The van der Waals surface area contributed by atoms with Crippen LogP contribution < -0.4 is 15.4 Å². The van der Waals surface area contributed by atoms with E-state index in [4.69, 9.17) is 4.74 Å². The molecule has 2 rings (SSSR count). The van der Waals surface area contributed by atoms with Crippen LogP contribution in [-0.2, 0) is 0 Å². The van der Waals surface area contributed by atoms with Crippen molar-refractivity contribution in [3.63, 3.8) is 0 Å². The first-order valence-electron chi connectivity index (χ1n) is 8.40. The Bertz CT molecular complexity index is 472. The van der Waals surface area contributed by atoms with Gasteiger partial charge in [-0.05, 0) is 50.3 Å². The van der Waals surface area contributed by atoms with Crippen LogP contribution in [0.3, 0.4) is 0 Å². The number of rotatable bonds is 5. The summed E-state index contributed by atoms with van der Waals surface area (Å²) in [6.07, 6.45) is 4.79. The first kappa shape index (κ1) is 16.7.